The highest BCUT2D eigenvalue weighted by molar-refractivity contribution is 5.96. The van der Waals surface area contributed by atoms with Crippen LogP contribution in [0.4, 0.5) is 0 Å². The van der Waals surface area contributed by atoms with E-state index in [9.17, 15) is 49.2 Å². The highest BCUT2D eigenvalue weighted by Gasteiger charge is 2.39. The maximum atomic E-state index is 14.0. The van der Waals surface area contributed by atoms with Gasteiger partial charge in [-0.1, -0.05) is 84.0 Å². The van der Waals surface area contributed by atoms with Crippen molar-refractivity contribution >= 4 is 35.5 Å². The van der Waals surface area contributed by atoms with Crippen molar-refractivity contribution in [3.8, 4) is 0 Å². The SMILES string of the molecule is CCCCCCCCCCCCCCCC(=O)N[C@@H](CCCCN)C(=O)N(CC)[C@H](C(=O)N[C@H](C(=O)N[C@@H](CCCN)C(=O)N[C@@H](CO)C(=O)O)[C@@H](C)O)[C@@H](C)O. The molecule has 0 spiro atoms. The molecule has 0 bridgehead atoms. The third-order valence-corrected chi connectivity index (χ3v) is 9.96. The Kier molecular flexibility index (Phi) is 30.6. The van der Waals surface area contributed by atoms with Crippen molar-refractivity contribution in [2.45, 2.75) is 192 Å². The number of aliphatic hydroxyl groups excluding tert-OH is 3. The average Bonchev–Trinajstić information content (AvgIpc) is 3.16. The lowest BCUT2D eigenvalue weighted by Crippen LogP contribution is -2.63. The molecule has 332 valence electrons. The summed E-state index contributed by atoms with van der Waals surface area (Å²) in [4.78, 5) is 79.6. The first kappa shape index (κ1) is 53.6. The summed E-state index contributed by atoms with van der Waals surface area (Å²) in [6, 6.07) is -7.20. The van der Waals surface area contributed by atoms with Crippen molar-refractivity contribution in [1.29, 1.82) is 0 Å². The van der Waals surface area contributed by atoms with Crippen LogP contribution in [0.1, 0.15) is 150 Å². The molecule has 12 N–H and O–H groups in total. The molecule has 0 aromatic heterocycles. The van der Waals surface area contributed by atoms with Crippen molar-refractivity contribution in [3.63, 3.8) is 0 Å². The Hall–Kier alpha value is -3.38. The summed E-state index contributed by atoms with van der Waals surface area (Å²) in [5.41, 5.74) is 11.3. The van der Waals surface area contributed by atoms with E-state index in [0.29, 0.717) is 25.8 Å². The minimum absolute atomic E-state index is 0.0304. The maximum absolute atomic E-state index is 14.0. The second-order valence-electron chi connectivity index (χ2n) is 15.0. The first-order valence-corrected chi connectivity index (χ1v) is 21.3. The molecule has 0 saturated carbocycles. The molecule has 0 aromatic carbocycles. The number of nitrogens with zero attached hydrogens (tertiary/aromatic N) is 1. The third kappa shape index (κ3) is 23.0. The van der Waals surface area contributed by atoms with Crippen molar-refractivity contribution in [2.75, 3.05) is 26.2 Å². The molecule has 5 amide bonds. The van der Waals surface area contributed by atoms with E-state index in [4.69, 9.17) is 11.5 Å². The van der Waals surface area contributed by atoms with Gasteiger partial charge in [0.25, 0.3) is 0 Å². The number of nitrogens with two attached hydrogens (primary N) is 2. The summed E-state index contributed by atoms with van der Waals surface area (Å²) in [7, 11) is 0. The van der Waals surface area contributed by atoms with Crippen LogP contribution in [0.5, 0.6) is 0 Å². The third-order valence-electron chi connectivity index (χ3n) is 9.96. The Morgan fingerprint density at radius 3 is 1.54 bits per heavy atom. The number of hydrogen-bond acceptors (Lipinski definition) is 11. The predicted octanol–water partition coefficient (Wildman–Crippen LogP) is 1.33. The Labute approximate surface area is 340 Å². The number of hydrogen-bond donors (Lipinski definition) is 10. The zero-order valence-electron chi connectivity index (χ0n) is 35.1. The van der Waals surface area contributed by atoms with Crippen LogP contribution < -0.4 is 32.7 Å². The molecule has 0 aliphatic heterocycles. The summed E-state index contributed by atoms with van der Waals surface area (Å²) in [6.07, 6.45) is 14.0. The van der Waals surface area contributed by atoms with Gasteiger partial charge in [-0.25, -0.2) is 4.79 Å². The van der Waals surface area contributed by atoms with Crippen LogP contribution >= 0.6 is 0 Å². The number of unbranched alkanes of at least 4 members (excludes halogenated alkanes) is 13. The number of rotatable bonds is 35. The summed E-state index contributed by atoms with van der Waals surface area (Å²) in [5, 5.41) is 49.6. The molecule has 0 aromatic rings. The molecule has 0 aliphatic carbocycles. The maximum Gasteiger partial charge on any atom is 0.328 e. The van der Waals surface area contributed by atoms with Gasteiger partial charge in [0.15, 0.2) is 0 Å². The van der Waals surface area contributed by atoms with Gasteiger partial charge in [-0.2, -0.15) is 0 Å². The summed E-state index contributed by atoms with van der Waals surface area (Å²) < 4.78 is 0. The van der Waals surface area contributed by atoms with E-state index in [-0.39, 0.29) is 44.7 Å². The van der Waals surface area contributed by atoms with E-state index in [1.165, 1.54) is 71.6 Å². The van der Waals surface area contributed by atoms with E-state index in [1.54, 1.807) is 6.92 Å². The Bertz CT molecular complexity index is 1160. The Morgan fingerprint density at radius 1 is 0.579 bits per heavy atom. The molecule has 0 aliphatic rings. The number of aliphatic hydroxyl groups is 3. The number of aliphatic carboxylic acids is 1. The van der Waals surface area contributed by atoms with Gasteiger partial charge in [0.1, 0.15) is 30.2 Å². The molecular weight excluding hydrogens is 738 g/mol. The van der Waals surface area contributed by atoms with Gasteiger partial charge in [-0.3, -0.25) is 24.0 Å². The van der Waals surface area contributed by atoms with Gasteiger partial charge in [0, 0.05) is 13.0 Å². The lowest BCUT2D eigenvalue weighted by Gasteiger charge is -2.35. The van der Waals surface area contributed by atoms with Gasteiger partial charge in [0.05, 0.1) is 18.8 Å². The molecule has 0 unspecified atom stereocenters. The number of carbonyl (C=O) groups is 6. The molecular formula is C40H77N7O10. The molecule has 17 heteroatoms. The summed E-state index contributed by atoms with van der Waals surface area (Å²) in [5.74, 6) is -5.33. The van der Waals surface area contributed by atoms with Gasteiger partial charge < -0.3 is 58.1 Å². The van der Waals surface area contributed by atoms with Crippen molar-refractivity contribution in [2.24, 2.45) is 11.5 Å². The average molecular weight is 816 g/mol. The molecule has 17 nitrogen and oxygen atoms in total. The van der Waals surface area contributed by atoms with E-state index in [0.717, 1.165) is 24.2 Å². The largest absolute Gasteiger partial charge is 0.480 e. The molecule has 57 heavy (non-hydrogen) atoms. The zero-order valence-corrected chi connectivity index (χ0v) is 35.1. The number of nitrogens with one attached hydrogen (secondary N) is 4. The fraction of sp³-hybridized carbons (Fsp3) is 0.850. The fourth-order valence-electron chi connectivity index (χ4n) is 6.58. The van der Waals surface area contributed by atoms with Gasteiger partial charge in [-0.05, 0) is 72.4 Å². The Morgan fingerprint density at radius 2 is 1.09 bits per heavy atom. The zero-order chi connectivity index (χ0) is 43.2. The fourth-order valence-corrected chi connectivity index (χ4v) is 6.58. The van der Waals surface area contributed by atoms with E-state index in [1.807, 2.05) is 0 Å². The second kappa shape index (κ2) is 32.6. The molecule has 0 heterocycles. The number of carboxylic acids is 1. The van der Waals surface area contributed by atoms with Crippen LogP contribution in [-0.4, -0.2) is 129 Å². The lowest BCUT2D eigenvalue weighted by molar-refractivity contribution is -0.148. The minimum Gasteiger partial charge on any atom is -0.480 e. The first-order chi connectivity index (χ1) is 27.2. The van der Waals surface area contributed by atoms with Crippen LogP contribution in [0.25, 0.3) is 0 Å². The molecule has 0 rings (SSSR count). The van der Waals surface area contributed by atoms with Gasteiger partial charge >= 0.3 is 5.97 Å². The van der Waals surface area contributed by atoms with Crippen LogP contribution in [-0.2, 0) is 28.8 Å². The van der Waals surface area contributed by atoms with Crippen molar-refractivity contribution in [3.05, 3.63) is 0 Å². The first-order valence-electron chi connectivity index (χ1n) is 21.3. The smallest absolute Gasteiger partial charge is 0.328 e. The number of carbonyl (C=O) groups excluding carboxylic acids is 5. The van der Waals surface area contributed by atoms with Gasteiger partial charge in [-0.15, -0.1) is 0 Å². The quantitative estimate of drug-likeness (QED) is 0.0406. The standard InChI is InChI=1S/C40H77N7O10/c1-5-7-8-9-10-11-12-13-14-15-16-17-18-24-33(51)43-31(22-19-20-25-41)39(55)47(6-2)35(29(4)50)38(54)46-34(28(3)49)37(53)44-30(23-21-26-42)36(52)45-32(27-48)40(56)57/h28-32,34-35,48-50H,5-27,41-42H2,1-4H3,(H,43,51)(H,44,53)(H,45,52)(H,46,54)(H,56,57)/t28-,29-,30+,31+,32+,34+,35+/m1/s1. The Balaban J connectivity index is 5.62. The van der Waals surface area contributed by atoms with E-state index < -0.39 is 78.6 Å². The lowest BCUT2D eigenvalue weighted by atomic mass is 10.0. The van der Waals surface area contributed by atoms with E-state index >= 15 is 0 Å². The molecule has 0 fully saturated rings. The second-order valence-corrected chi connectivity index (χ2v) is 15.0. The van der Waals surface area contributed by atoms with Crippen LogP contribution in [0.15, 0.2) is 0 Å². The molecule has 0 radical (unpaired) electrons. The van der Waals surface area contributed by atoms with Crippen LogP contribution in [0.3, 0.4) is 0 Å². The summed E-state index contributed by atoms with van der Waals surface area (Å²) in [6.45, 7) is 5.88. The highest BCUT2D eigenvalue weighted by atomic mass is 16.4. The van der Waals surface area contributed by atoms with E-state index in [2.05, 4.69) is 28.2 Å². The molecule has 7 atom stereocenters. The monoisotopic (exact) mass is 816 g/mol. The number of carboxylic acid groups (broad SMARTS) is 1. The minimum atomic E-state index is -1.67. The van der Waals surface area contributed by atoms with Crippen molar-refractivity contribution < 1.29 is 49.2 Å². The van der Waals surface area contributed by atoms with Crippen LogP contribution in [0.2, 0.25) is 0 Å². The topological polar surface area (TPSA) is 287 Å². The highest BCUT2D eigenvalue weighted by Crippen LogP contribution is 2.15. The van der Waals surface area contributed by atoms with Crippen LogP contribution in [0, 0.1) is 0 Å². The number of likely N-dealkylation sites (N-methyl/N-ethyl adjacent to an activating group) is 1. The number of amides is 5. The molecule has 0 saturated heterocycles. The summed E-state index contributed by atoms with van der Waals surface area (Å²) >= 11 is 0. The van der Waals surface area contributed by atoms with Gasteiger partial charge in [0.2, 0.25) is 29.5 Å². The van der Waals surface area contributed by atoms with Crippen molar-refractivity contribution in [1.82, 2.24) is 26.2 Å². The predicted molar refractivity (Wildman–Crippen MR) is 218 cm³/mol. The normalized spacial score (nSPS) is 15.0.